The first-order chi connectivity index (χ1) is 15.1. The molecule has 0 spiro atoms. The van der Waals surface area contributed by atoms with Crippen LogP contribution in [0.15, 0.2) is 28.9 Å². The lowest BCUT2D eigenvalue weighted by Crippen LogP contribution is -2.53. The van der Waals surface area contributed by atoms with E-state index in [4.69, 9.17) is 9.47 Å². The molecule has 2 amide bonds. The van der Waals surface area contributed by atoms with Crippen LogP contribution in [0.4, 0.5) is 4.79 Å². The minimum absolute atomic E-state index is 0.192. The first kappa shape index (κ1) is 25.7. The number of ether oxygens (including phenoxy) is 2. The Bertz CT molecular complexity index is 951. The van der Waals surface area contributed by atoms with Gasteiger partial charge in [0.2, 0.25) is 5.91 Å². The molecule has 0 saturated heterocycles. The number of benzene rings is 1. The van der Waals surface area contributed by atoms with Crippen molar-refractivity contribution in [1.29, 1.82) is 0 Å². The summed E-state index contributed by atoms with van der Waals surface area (Å²) in [5.41, 5.74) is 1.02. The largest absolute Gasteiger partial charge is 0.467 e. The summed E-state index contributed by atoms with van der Waals surface area (Å²) in [4.78, 5) is 41.1. The highest BCUT2D eigenvalue weighted by molar-refractivity contribution is 9.10. The summed E-state index contributed by atoms with van der Waals surface area (Å²) in [6.07, 6.45) is 1.54. The van der Waals surface area contributed by atoms with Crippen LogP contribution in [0.2, 0.25) is 0 Å². The molecule has 176 valence electrons. The highest BCUT2D eigenvalue weighted by Gasteiger charge is 2.30. The second-order valence-electron chi connectivity index (χ2n) is 8.59. The number of fused-ring (bicyclic) bond motifs is 1. The van der Waals surface area contributed by atoms with Gasteiger partial charge in [-0.15, -0.1) is 0 Å². The van der Waals surface area contributed by atoms with Crippen LogP contribution in [-0.2, 0) is 25.5 Å². The Morgan fingerprint density at radius 3 is 2.44 bits per heavy atom. The van der Waals surface area contributed by atoms with Gasteiger partial charge in [0.25, 0.3) is 0 Å². The minimum Gasteiger partial charge on any atom is -0.467 e. The molecule has 3 N–H and O–H groups in total. The lowest BCUT2D eigenvalue weighted by atomic mass is 10.0. The number of aromatic amines is 1. The summed E-state index contributed by atoms with van der Waals surface area (Å²) in [5, 5.41) is 6.33. The Balaban J connectivity index is 2.30. The molecule has 0 aliphatic heterocycles. The van der Waals surface area contributed by atoms with Gasteiger partial charge in [-0.05, 0) is 54.8 Å². The molecule has 1 aromatic heterocycles. The summed E-state index contributed by atoms with van der Waals surface area (Å²) >= 11 is 3.52. The van der Waals surface area contributed by atoms with E-state index < -0.39 is 35.7 Å². The zero-order valence-electron chi connectivity index (χ0n) is 19.2. The number of H-pyrrole nitrogens is 1. The first-order valence-electron chi connectivity index (χ1n) is 10.7. The summed E-state index contributed by atoms with van der Waals surface area (Å²) in [6, 6.07) is 5.93. The van der Waals surface area contributed by atoms with Crippen LogP contribution in [-0.4, -0.2) is 47.7 Å². The number of para-hydroxylation sites is 1. The van der Waals surface area contributed by atoms with E-state index >= 15 is 0 Å². The van der Waals surface area contributed by atoms with Crippen molar-refractivity contribution in [1.82, 2.24) is 15.6 Å². The number of hydrogen-bond donors (Lipinski definition) is 3. The fourth-order valence-corrected chi connectivity index (χ4v) is 3.89. The average Bonchev–Trinajstić information content (AvgIpc) is 3.03. The van der Waals surface area contributed by atoms with Crippen molar-refractivity contribution in [2.24, 2.45) is 0 Å². The second-order valence-corrected chi connectivity index (χ2v) is 9.39. The van der Waals surface area contributed by atoms with Crippen LogP contribution in [0.1, 0.15) is 52.5 Å². The number of nitrogens with one attached hydrogen (secondary N) is 3. The zero-order chi connectivity index (χ0) is 23.9. The van der Waals surface area contributed by atoms with Gasteiger partial charge in [-0.25, -0.2) is 9.59 Å². The van der Waals surface area contributed by atoms with Crippen LogP contribution < -0.4 is 10.6 Å². The lowest BCUT2D eigenvalue weighted by Gasteiger charge is -2.25. The summed E-state index contributed by atoms with van der Waals surface area (Å²) in [6.45, 7) is 7.24. The standard InChI is InChI=1S/C23H32BrN3O5/c1-6-7-11-17(21(29)31-5)26-20(28)18(27-22(30)32-23(2,3)4)13-15-14-10-8-9-12-16(14)25-19(15)24/h8-10,12,17-18,25H,6-7,11,13H2,1-5H3,(H,26,28)(H,27,30)/t17-,18-/m1/s1. The number of unbranched alkanes of at least 4 members (excludes halogenated alkanes) is 1. The molecule has 0 saturated carbocycles. The molecule has 9 heteroatoms. The molecule has 8 nitrogen and oxygen atoms in total. The van der Waals surface area contributed by atoms with Crippen LogP contribution in [0.3, 0.4) is 0 Å². The Hall–Kier alpha value is -2.55. The van der Waals surface area contributed by atoms with Crippen LogP contribution in [0.25, 0.3) is 10.9 Å². The van der Waals surface area contributed by atoms with E-state index in [1.807, 2.05) is 31.2 Å². The third kappa shape index (κ3) is 7.25. The van der Waals surface area contributed by atoms with E-state index in [0.29, 0.717) is 6.42 Å². The Morgan fingerprint density at radius 1 is 1.12 bits per heavy atom. The Morgan fingerprint density at radius 2 is 1.81 bits per heavy atom. The molecule has 2 atom stereocenters. The number of esters is 1. The SMILES string of the molecule is CCCC[C@@H](NC(=O)[C@@H](Cc1c(Br)[nH]c2ccccc12)NC(=O)OC(C)(C)C)C(=O)OC. The van der Waals surface area contributed by atoms with Crippen LogP contribution >= 0.6 is 15.9 Å². The number of halogens is 1. The zero-order valence-corrected chi connectivity index (χ0v) is 20.8. The van der Waals surface area contributed by atoms with E-state index in [2.05, 4.69) is 31.5 Å². The number of carbonyl (C=O) groups is 3. The number of carbonyl (C=O) groups excluding carboxylic acids is 3. The van der Waals surface area contributed by atoms with Gasteiger partial charge in [-0.1, -0.05) is 38.0 Å². The predicted octanol–water partition coefficient (Wildman–Crippen LogP) is 4.21. The number of rotatable bonds is 9. The fraction of sp³-hybridized carbons (Fsp3) is 0.522. The molecule has 1 aromatic carbocycles. The molecule has 32 heavy (non-hydrogen) atoms. The Labute approximate surface area is 196 Å². The van der Waals surface area contributed by atoms with E-state index in [-0.39, 0.29) is 6.42 Å². The maximum absolute atomic E-state index is 13.2. The monoisotopic (exact) mass is 509 g/mol. The number of methoxy groups -OCH3 is 1. The average molecular weight is 510 g/mol. The van der Waals surface area contributed by atoms with Gasteiger partial charge in [0.05, 0.1) is 11.7 Å². The number of alkyl carbamates (subject to hydrolysis) is 1. The van der Waals surface area contributed by atoms with E-state index in [0.717, 1.165) is 33.9 Å². The van der Waals surface area contributed by atoms with Crippen molar-refractivity contribution >= 4 is 44.8 Å². The van der Waals surface area contributed by atoms with Gasteiger partial charge in [0.1, 0.15) is 17.7 Å². The van der Waals surface area contributed by atoms with Crippen molar-refractivity contribution in [2.45, 2.75) is 71.1 Å². The van der Waals surface area contributed by atoms with E-state index in [1.54, 1.807) is 20.8 Å². The topological polar surface area (TPSA) is 110 Å². The maximum Gasteiger partial charge on any atom is 0.408 e. The molecular formula is C23H32BrN3O5. The summed E-state index contributed by atoms with van der Waals surface area (Å²) < 4.78 is 10.9. The number of aromatic nitrogens is 1. The van der Waals surface area contributed by atoms with Crippen molar-refractivity contribution in [3.05, 3.63) is 34.4 Å². The fourth-order valence-electron chi connectivity index (χ4n) is 3.30. The van der Waals surface area contributed by atoms with Crippen LogP contribution in [0, 0.1) is 0 Å². The molecule has 0 fully saturated rings. The molecule has 0 radical (unpaired) electrons. The Kier molecular flexibility index (Phi) is 9.12. The number of amides is 2. The molecule has 0 bridgehead atoms. The molecule has 2 rings (SSSR count). The molecular weight excluding hydrogens is 478 g/mol. The molecule has 1 heterocycles. The summed E-state index contributed by atoms with van der Waals surface area (Å²) in [7, 11) is 1.28. The van der Waals surface area contributed by atoms with Gasteiger partial charge in [-0.2, -0.15) is 0 Å². The number of hydrogen-bond acceptors (Lipinski definition) is 5. The van der Waals surface area contributed by atoms with E-state index in [9.17, 15) is 14.4 Å². The lowest BCUT2D eigenvalue weighted by molar-refractivity contribution is -0.145. The van der Waals surface area contributed by atoms with Crippen LogP contribution in [0.5, 0.6) is 0 Å². The maximum atomic E-state index is 13.2. The quantitative estimate of drug-likeness (QED) is 0.438. The van der Waals surface area contributed by atoms with Gasteiger partial charge >= 0.3 is 12.1 Å². The molecule has 0 unspecified atom stereocenters. The van der Waals surface area contributed by atoms with Gasteiger partial charge < -0.3 is 25.1 Å². The minimum atomic E-state index is -0.964. The molecule has 0 aliphatic rings. The predicted molar refractivity (Wildman–Crippen MR) is 126 cm³/mol. The van der Waals surface area contributed by atoms with Crippen molar-refractivity contribution in [3.63, 3.8) is 0 Å². The highest BCUT2D eigenvalue weighted by atomic mass is 79.9. The molecule has 2 aromatic rings. The van der Waals surface area contributed by atoms with Crippen molar-refractivity contribution in [2.75, 3.05) is 7.11 Å². The van der Waals surface area contributed by atoms with Crippen molar-refractivity contribution in [3.8, 4) is 0 Å². The van der Waals surface area contributed by atoms with Crippen molar-refractivity contribution < 1.29 is 23.9 Å². The summed E-state index contributed by atoms with van der Waals surface area (Å²) in [5.74, 6) is -1.00. The normalized spacial score (nSPS) is 13.3. The van der Waals surface area contributed by atoms with Gasteiger partial charge in [0, 0.05) is 17.3 Å². The highest BCUT2D eigenvalue weighted by Crippen LogP contribution is 2.27. The smallest absolute Gasteiger partial charge is 0.408 e. The van der Waals surface area contributed by atoms with Gasteiger partial charge in [0.15, 0.2) is 0 Å². The van der Waals surface area contributed by atoms with Gasteiger partial charge in [-0.3, -0.25) is 4.79 Å². The molecule has 0 aliphatic carbocycles. The third-order valence-corrected chi connectivity index (χ3v) is 5.50. The third-order valence-electron chi connectivity index (χ3n) is 4.83. The second kappa shape index (κ2) is 11.4. The first-order valence-corrected chi connectivity index (χ1v) is 11.5. The van der Waals surface area contributed by atoms with E-state index in [1.165, 1.54) is 7.11 Å².